The molecular formula is C24H26N4O2. The number of aromatic nitrogens is 2. The molecule has 0 saturated carbocycles. The van der Waals surface area contributed by atoms with Crippen LogP contribution in [0, 0.1) is 5.41 Å². The normalized spacial score (nSPS) is 21.2. The van der Waals surface area contributed by atoms with Crippen molar-refractivity contribution in [1.82, 2.24) is 19.9 Å². The molecule has 1 atom stereocenters. The molecule has 2 aliphatic heterocycles. The summed E-state index contributed by atoms with van der Waals surface area (Å²) < 4.78 is 5.78. The number of carbonyl (C=O) groups excluding carboxylic acids is 1. The van der Waals surface area contributed by atoms with Crippen LogP contribution in [0.15, 0.2) is 65.2 Å². The molecule has 2 fully saturated rings. The molecule has 30 heavy (non-hydrogen) atoms. The molecule has 154 valence electrons. The van der Waals surface area contributed by atoms with Crippen LogP contribution in [0.4, 0.5) is 0 Å². The summed E-state index contributed by atoms with van der Waals surface area (Å²) in [6, 6.07) is 19.4. The second kappa shape index (κ2) is 7.69. The van der Waals surface area contributed by atoms with E-state index < -0.39 is 0 Å². The number of benzene rings is 2. The molecule has 1 aromatic heterocycles. The minimum absolute atomic E-state index is 0.0164. The summed E-state index contributed by atoms with van der Waals surface area (Å²) in [5.74, 6) is 1.41. The zero-order valence-corrected chi connectivity index (χ0v) is 17.2. The number of hydrogen-bond acceptors (Lipinski definition) is 5. The van der Waals surface area contributed by atoms with E-state index in [0.29, 0.717) is 18.3 Å². The Morgan fingerprint density at radius 3 is 2.40 bits per heavy atom. The van der Waals surface area contributed by atoms with E-state index in [4.69, 9.17) is 9.51 Å². The summed E-state index contributed by atoms with van der Waals surface area (Å²) in [6.07, 6.45) is 2.05. The molecular weight excluding hydrogens is 376 g/mol. The molecule has 0 N–H and O–H groups in total. The van der Waals surface area contributed by atoms with Crippen LogP contribution in [0.25, 0.3) is 11.4 Å². The predicted octanol–water partition coefficient (Wildman–Crippen LogP) is 3.69. The van der Waals surface area contributed by atoms with Gasteiger partial charge in [-0.05, 0) is 45.1 Å². The molecule has 6 nitrogen and oxygen atoms in total. The van der Waals surface area contributed by atoms with Crippen LogP contribution >= 0.6 is 0 Å². The highest BCUT2D eigenvalue weighted by atomic mass is 16.5. The van der Waals surface area contributed by atoms with E-state index in [-0.39, 0.29) is 17.2 Å². The Labute approximate surface area is 176 Å². The van der Waals surface area contributed by atoms with Crippen LogP contribution in [0.5, 0.6) is 0 Å². The van der Waals surface area contributed by atoms with Gasteiger partial charge in [-0.15, -0.1) is 0 Å². The van der Waals surface area contributed by atoms with Gasteiger partial charge in [0.2, 0.25) is 11.7 Å². The number of nitrogens with zero attached hydrogens (tertiary/aromatic N) is 4. The van der Waals surface area contributed by atoms with Crippen LogP contribution in [0.3, 0.4) is 0 Å². The van der Waals surface area contributed by atoms with Gasteiger partial charge < -0.3 is 14.3 Å². The number of amides is 1. The van der Waals surface area contributed by atoms with Gasteiger partial charge in [-0.25, -0.2) is 0 Å². The topological polar surface area (TPSA) is 62.5 Å². The first-order valence-corrected chi connectivity index (χ1v) is 10.6. The van der Waals surface area contributed by atoms with E-state index in [1.165, 1.54) is 0 Å². The Hall–Kier alpha value is -2.99. The van der Waals surface area contributed by atoms with Crippen molar-refractivity contribution >= 4 is 5.91 Å². The molecule has 0 radical (unpaired) electrons. The molecule has 1 amide bonds. The van der Waals surface area contributed by atoms with Gasteiger partial charge in [0, 0.05) is 29.6 Å². The fraction of sp³-hybridized carbons (Fsp3) is 0.375. The minimum atomic E-state index is -0.0164. The van der Waals surface area contributed by atoms with E-state index in [1.54, 1.807) is 0 Å². The molecule has 6 heteroatoms. The summed E-state index contributed by atoms with van der Waals surface area (Å²) in [6.45, 7) is 3.39. The molecule has 5 rings (SSSR count). The van der Waals surface area contributed by atoms with Crippen molar-refractivity contribution in [3.63, 3.8) is 0 Å². The van der Waals surface area contributed by atoms with Crippen molar-refractivity contribution in [2.45, 2.75) is 18.8 Å². The number of likely N-dealkylation sites (tertiary alicyclic amines) is 2. The third-order valence-corrected chi connectivity index (χ3v) is 6.71. The van der Waals surface area contributed by atoms with Crippen molar-refractivity contribution in [1.29, 1.82) is 0 Å². The van der Waals surface area contributed by atoms with Gasteiger partial charge in [-0.2, -0.15) is 4.98 Å². The molecule has 2 saturated heterocycles. The van der Waals surface area contributed by atoms with E-state index >= 15 is 0 Å². The third-order valence-electron chi connectivity index (χ3n) is 6.71. The Kier molecular flexibility index (Phi) is 4.87. The summed E-state index contributed by atoms with van der Waals surface area (Å²) in [5, 5.41) is 4.25. The Balaban J connectivity index is 1.46. The molecule has 1 spiro atoms. The lowest BCUT2D eigenvalue weighted by atomic mass is 9.71. The van der Waals surface area contributed by atoms with Crippen molar-refractivity contribution < 1.29 is 9.32 Å². The number of carbonyl (C=O) groups is 1. The summed E-state index contributed by atoms with van der Waals surface area (Å²) >= 11 is 0. The fourth-order valence-electron chi connectivity index (χ4n) is 4.88. The van der Waals surface area contributed by atoms with Crippen LogP contribution < -0.4 is 0 Å². The summed E-state index contributed by atoms with van der Waals surface area (Å²) in [5.41, 5.74) is 1.66. The second-order valence-corrected chi connectivity index (χ2v) is 8.59. The largest absolute Gasteiger partial charge is 0.339 e. The van der Waals surface area contributed by atoms with E-state index in [9.17, 15) is 4.79 Å². The lowest BCUT2D eigenvalue weighted by Crippen LogP contribution is -2.42. The molecule has 1 unspecified atom stereocenters. The van der Waals surface area contributed by atoms with Gasteiger partial charge in [0.05, 0.1) is 5.92 Å². The third kappa shape index (κ3) is 3.41. The van der Waals surface area contributed by atoms with Crippen molar-refractivity contribution in [2.75, 3.05) is 33.2 Å². The van der Waals surface area contributed by atoms with E-state index in [0.717, 1.165) is 43.6 Å². The molecule has 0 aliphatic carbocycles. The minimum Gasteiger partial charge on any atom is -0.339 e. The van der Waals surface area contributed by atoms with Gasteiger partial charge in [0.25, 0.3) is 5.91 Å². The molecule has 2 aromatic carbocycles. The summed E-state index contributed by atoms with van der Waals surface area (Å²) in [4.78, 5) is 22.3. The van der Waals surface area contributed by atoms with E-state index in [1.807, 2.05) is 65.6 Å². The van der Waals surface area contributed by atoms with Gasteiger partial charge in [-0.1, -0.05) is 53.7 Å². The monoisotopic (exact) mass is 402 g/mol. The Morgan fingerprint density at radius 2 is 1.70 bits per heavy atom. The standard InChI is InChI=1S/C24H26N4O2/c1-27-14-12-24(13-15-27)17-28(23(29)19-10-6-3-7-11-19)16-20(24)22-25-21(26-30-22)18-8-4-2-5-9-18/h2-11,20H,12-17H2,1H3. The van der Waals surface area contributed by atoms with Crippen LogP contribution in [0.2, 0.25) is 0 Å². The van der Waals surface area contributed by atoms with Crippen LogP contribution in [-0.4, -0.2) is 59.1 Å². The molecule has 2 aliphatic rings. The van der Waals surface area contributed by atoms with Crippen molar-refractivity contribution in [3.05, 3.63) is 72.1 Å². The number of rotatable bonds is 3. The maximum absolute atomic E-state index is 13.2. The predicted molar refractivity (Wildman–Crippen MR) is 114 cm³/mol. The maximum Gasteiger partial charge on any atom is 0.253 e. The van der Waals surface area contributed by atoms with Gasteiger partial charge >= 0.3 is 0 Å². The first kappa shape index (κ1) is 19.0. The highest BCUT2D eigenvalue weighted by Gasteiger charge is 2.52. The zero-order valence-electron chi connectivity index (χ0n) is 17.2. The quantitative estimate of drug-likeness (QED) is 0.669. The SMILES string of the molecule is CN1CCC2(CC1)CN(C(=O)c1ccccc1)CC2c1nc(-c2ccccc2)no1. The Morgan fingerprint density at radius 1 is 1.03 bits per heavy atom. The smallest absolute Gasteiger partial charge is 0.253 e. The lowest BCUT2D eigenvalue weighted by Gasteiger charge is -2.40. The highest BCUT2D eigenvalue weighted by Crippen LogP contribution is 2.49. The summed E-state index contributed by atoms with van der Waals surface area (Å²) in [7, 11) is 2.16. The van der Waals surface area contributed by atoms with Gasteiger partial charge in [0.15, 0.2) is 0 Å². The average Bonchev–Trinajstić information content (AvgIpc) is 3.42. The van der Waals surface area contributed by atoms with Gasteiger partial charge in [-0.3, -0.25) is 4.79 Å². The van der Waals surface area contributed by atoms with Crippen LogP contribution in [-0.2, 0) is 0 Å². The second-order valence-electron chi connectivity index (χ2n) is 8.59. The zero-order chi connectivity index (χ0) is 20.6. The molecule has 3 aromatic rings. The van der Waals surface area contributed by atoms with Gasteiger partial charge in [0.1, 0.15) is 0 Å². The molecule has 0 bridgehead atoms. The number of hydrogen-bond donors (Lipinski definition) is 0. The Bertz CT molecular complexity index is 1010. The average molecular weight is 402 g/mol. The fourth-order valence-corrected chi connectivity index (χ4v) is 4.88. The highest BCUT2D eigenvalue weighted by molar-refractivity contribution is 5.94. The number of piperidine rings is 1. The molecule has 3 heterocycles. The van der Waals surface area contributed by atoms with Crippen molar-refractivity contribution in [3.8, 4) is 11.4 Å². The lowest BCUT2D eigenvalue weighted by molar-refractivity contribution is 0.0726. The van der Waals surface area contributed by atoms with Crippen LogP contribution in [0.1, 0.15) is 35.0 Å². The first-order chi connectivity index (χ1) is 14.6. The van der Waals surface area contributed by atoms with E-state index in [2.05, 4.69) is 17.1 Å². The first-order valence-electron chi connectivity index (χ1n) is 10.6. The maximum atomic E-state index is 13.2. The van der Waals surface area contributed by atoms with Crippen molar-refractivity contribution in [2.24, 2.45) is 5.41 Å².